The average Bonchev–Trinajstić information content (AvgIpc) is 2.35. The summed E-state index contributed by atoms with van der Waals surface area (Å²) < 4.78 is 13.5. The Morgan fingerprint density at radius 2 is 1.78 bits per heavy atom. The van der Waals surface area contributed by atoms with Crippen LogP contribution in [0.15, 0.2) is 53.0 Å². The lowest BCUT2D eigenvalue weighted by Crippen LogP contribution is -2.14. The van der Waals surface area contributed by atoms with Crippen LogP contribution in [0.4, 0.5) is 10.1 Å². The maximum absolute atomic E-state index is 12.7. The zero-order valence-corrected chi connectivity index (χ0v) is 11.1. The molecule has 1 N–H and O–H groups in total. The number of hydrogen-bond acceptors (Lipinski definition) is 1. The van der Waals surface area contributed by atoms with Crippen molar-refractivity contribution in [3.05, 3.63) is 64.4 Å². The van der Waals surface area contributed by atoms with Crippen molar-refractivity contribution < 1.29 is 9.18 Å². The highest BCUT2D eigenvalue weighted by molar-refractivity contribution is 9.10. The molecule has 2 aromatic carbocycles. The summed E-state index contributed by atoms with van der Waals surface area (Å²) in [6.07, 6.45) is 0.224. The number of halogens is 2. The van der Waals surface area contributed by atoms with Gasteiger partial charge in [0, 0.05) is 4.47 Å². The Morgan fingerprint density at radius 1 is 1.11 bits per heavy atom. The first-order valence-corrected chi connectivity index (χ1v) is 6.23. The summed E-state index contributed by atoms with van der Waals surface area (Å²) in [6.45, 7) is 0. The van der Waals surface area contributed by atoms with Crippen molar-refractivity contribution in [2.24, 2.45) is 0 Å². The van der Waals surface area contributed by atoms with E-state index in [1.54, 1.807) is 12.1 Å². The quantitative estimate of drug-likeness (QED) is 0.919. The molecule has 0 spiro atoms. The van der Waals surface area contributed by atoms with Crippen molar-refractivity contribution in [1.82, 2.24) is 0 Å². The predicted molar refractivity (Wildman–Crippen MR) is 72.9 cm³/mol. The molecule has 2 rings (SSSR count). The number of hydrogen-bond donors (Lipinski definition) is 1. The molecule has 0 saturated heterocycles. The van der Waals surface area contributed by atoms with Crippen LogP contribution in [0.1, 0.15) is 5.56 Å². The zero-order valence-electron chi connectivity index (χ0n) is 9.49. The summed E-state index contributed by atoms with van der Waals surface area (Å²) in [4.78, 5) is 11.8. The van der Waals surface area contributed by atoms with Gasteiger partial charge in [0.25, 0.3) is 0 Å². The number of rotatable bonds is 3. The van der Waals surface area contributed by atoms with E-state index in [0.717, 1.165) is 15.7 Å². The second-order valence-corrected chi connectivity index (χ2v) is 4.69. The molecule has 4 heteroatoms. The molecule has 0 radical (unpaired) electrons. The Kier molecular flexibility index (Phi) is 4.10. The van der Waals surface area contributed by atoms with Crippen molar-refractivity contribution in [3.8, 4) is 0 Å². The lowest BCUT2D eigenvalue weighted by atomic mass is 10.1. The van der Waals surface area contributed by atoms with Crippen LogP contribution in [-0.4, -0.2) is 5.91 Å². The van der Waals surface area contributed by atoms with Crippen LogP contribution in [0.2, 0.25) is 0 Å². The summed E-state index contributed by atoms with van der Waals surface area (Å²) in [7, 11) is 0. The Labute approximate surface area is 113 Å². The Balaban J connectivity index is 2.01. The molecule has 2 aromatic rings. The van der Waals surface area contributed by atoms with Gasteiger partial charge in [-0.3, -0.25) is 4.79 Å². The van der Waals surface area contributed by atoms with Gasteiger partial charge in [-0.1, -0.05) is 24.3 Å². The minimum atomic E-state index is -0.301. The highest BCUT2D eigenvalue weighted by atomic mass is 79.9. The number of carbonyl (C=O) groups excluding carboxylic acids is 1. The van der Waals surface area contributed by atoms with Crippen LogP contribution in [0, 0.1) is 5.82 Å². The van der Waals surface area contributed by atoms with E-state index in [9.17, 15) is 9.18 Å². The monoisotopic (exact) mass is 307 g/mol. The average molecular weight is 308 g/mol. The number of para-hydroxylation sites is 1. The summed E-state index contributed by atoms with van der Waals surface area (Å²) in [5, 5.41) is 2.79. The van der Waals surface area contributed by atoms with Gasteiger partial charge < -0.3 is 5.32 Å². The molecule has 0 saturated carbocycles. The third-order valence-corrected chi connectivity index (χ3v) is 3.12. The fraction of sp³-hybridized carbons (Fsp3) is 0.0714. The van der Waals surface area contributed by atoms with Gasteiger partial charge in [-0.05, 0) is 45.8 Å². The van der Waals surface area contributed by atoms with Crippen LogP contribution < -0.4 is 5.32 Å². The summed E-state index contributed by atoms with van der Waals surface area (Å²) in [5.74, 6) is -0.432. The van der Waals surface area contributed by atoms with Crippen LogP contribution in [0.5, 0.6) is 0 Å². The van der Waals surface area contributed by atoms with E-state index in [-0.39, 0.29) is 18.1 Å². The van der Waals surface area contributed by atoms with Crippen molar-refractivity contribution >= 4 is 27.5 Å². The predicted octanol–water partition coefficient (Wildman–Crippen LogP) is 3.77. The highest BCUT2D eigenvalue weighted by Gasteiger charge is 2.06. The van der Waals surface area contributed by atoms with E-state index < -0.39 is 0 Å². The zero-order chi connectivity index (χ0) is 13.0. The number of amides is 1. The molecule has 1 amide bonds. The molecular formula is C14H11BrFNO. The van der Waals surface area contributed by atoms with E-state index in [4.69, 9.17) is 0 Å². The first-order valence-electron chi connectivity index (χ1n) is 5.44. The van der Waals surface area contributed by atoms with Crippen molar-refractivity contribution in [2.45, 2.75) is 6.42 Å². The molecule has 92 valence electrons. The van der Waals surface area contributed by atoms with Crippen LogP contribution in [-0.2, 0) is 11.2 Å². The van der Waals surface area contributed by atoms with Gasteiger partial charge in [-0.25, -0.2) is 4.39 Å². The van der Waals surface area contributed by atoms with Crippen LogP contribution in [0.3, 0.4) is 0 Å². The fourth-order valence-corrected chi connectivity index (χ4v) is 1.93. The molecule has 0 aliphatic heterocycles. The third-order valence-electron chi connectivity index (χ3n) is 2.43. The molecule has 0 atom stereocenters. The number of nitrogens with one attached hydrogen (secondary N) is 1. The normalized spacial score (nSPS) is 10.1. The van der Waals surface area contributed by atoms with Gasteiger partial charge in [0.15, 0.2) is 0 Å². The lowest BCUT2D eigenvalue weighted by molar-refractivity contribution is -0.115. The largest absolute Gasteiger partial charge is 0.325 e. The van der Waals surface area contributed by atoms with Crippen molar-refractivity contribution in [3.63, 3.8) is 0 Å². The van der Waals surface area contributed by atoms with Crippen molar-refractivity contribution in [1.29, 1.82) is 0 Å². The van der Waals surface area contributed by atoms with E-state index in [0.29, 0.717) is 0 Å². The topological polar surface area (TPSA) is 29.1 Å². The van der Waals surface area contributed by atoms with E-state index in [1.807, 2.05) is 24.3 Å². The molecule has 2 nitrogen and oxygen atoms in total. The molecule has 0 aromatic heterocycles. The number of anilines is 1. The van der Waals surface area contributed by atoms with E-state index in [1.165, 1.54) is 12.1 Å². The first kappa shape index (κ1) is 12.8. The summed E-state index contributed by atoms with van der Waals surface area (Å²) in [5.41, 5.74) is 1.51. The standard InChI is InChI=1S/C14H11BrFNO/c15-12-3-1-2-4-13(12)17-14(18)9-10-5-7-11(16)8-6-10/h1-8H,9H2,(H,17,18). The minimum absolute atomic E-state index is 0.131. The van der Waals surface area contributed by atoms with Crippen LogP contribution in [0.25, 0.3) is 0 Å². The minimum Gasteiger partial charge on any atom is -0.325 e. The number of benzene rings is 2. The summed E-state index contributed by atoms with van der Waals surface area (Å²) >= 11 is 3.36. The maximum Gasteiger partial charge on any atom is 0.228 e. The first-order chi connectivity index (χ1) is 8.65. The summed E-state index contributed by atoms with van der Waals surface area (Å²) in [6, 6.07) is 13.3. The Hall–Kier alpha value is -1.68. The van der Waals surface area contributed by atoms with Gasteiger partial charge in [0.2, 0.25) is 5.91 Å². The second-order valence-electron chi connectivity index (χ2n) is 3.83. The smallest absolute Gasteiger partial charge is 0.228 e. The second kappa shape index (κ2) is 5.78. The molecule has 0 aliphatic carbocycles. The molecule has 0 fully saturated rings. The van der Waals surface area contributed by atoms with E-state index in [2.05, 4.69) is 21.2 Å². The molecule has 0 unspecified atom stereocenters. The molecule has 0 bridgehead atoms. The van der Waals surface area contributed by atoms with Gasteiger partial charge in [0.1, 0.15) is 5.82 Å². The van der Waals surface area contributed by atoms with Gasteiger partial charge in [-0.15, -0.1) is 0 Å². The van der Waals surface area contributed by atoms with Gasteiger partial charge >= 0.3 is 0 Å². The fourth-order valence-electron chi connectivity index (χ4n) is 1.54. The lowest BCUT2D eigenvalue weighted by Gasteiger charge is -2.07. The number of carbonyl (C=O) groups is 1. The van der Waals surface area contributed by atoms with E-state index >= 15 is 0 Å². The van der Waals surface area contributed by atoms with Gasteiger partial charge in [-0.2, -0.15) is 0 Å². The molecule has 0 heterocycles. The SMILES string of the molecule is O=C(Cc1ccc(F)cc1)Nc1ccccc1Br. The molecule has 18 heavy (non-hydrogen) atoms. The maximum atomic E-state index is 12.7. The van der Waals surface area contributed by atoms with Crippen LogP contribution >= 0.6 is 15.9 Å². The Bertz CT molecular complexity index is 554. The highest BCUT2D eigenvalue weighted by Crippen LogP contribution is 2.21. The van der Waals surface area contributed by atoms with Crippen molar-refractivity contribution in [2.75, 3.05) is 5.32 Å². The Morgan fingerprint density at radius 3 is 2.44 bits per heavy atom. The molecular weight excluding hydrogens is 297 g/mol. The van der Waals surface area contributed by atoms with Gasteiger partial charge in [0.05, 0.1) is 12.1 Å². The third kappa shape index (κ3) is 3.40. The molecule has 0 aliphatic rings.